The topological polar surface area (TPSA) is 51.2 Å². The highest BCUT2D eigenvalue weighted by Crippen LogP contribution is 2.11. The third kappa shape index (κ3) is 6.44. The zero-order valence-corrected chi connectivity index (χ0v) is 13.0. The number of nitrogens with one attached hydrogen (secondary N) is 1. The van der Waals surface area contributed by atoms with Crippen molar-refractivity contribution in [1.82, 2.24) is 10.3 Å². The van der Waals surface area contributed by atoms with Crippen LogP contribution < -0.4 is 5.32 Å². The van der Waals surface area contributed by atoms with Crippen LogP contribution in [0.3, 0.4) is 0 Å². The number of carbonyl (C=O) groups is 1. The Morgan fingerprint density at radius 2 is 2.15 bits per heavy atom. The fourth-order valence-corrected chi connectivity index (χ4v) is 1.56. The van der Waals surface area contributed by atoms with E-state index in [1.54, 1.807) is 0 Å². The SMILES string of the molecule is Cc1ccc(C#CCCNC(=O)OC(C)(C)C)c(Cl)n1. The van der Waals surface area contributed by atoms with Crippen LogP contribution in [0.25, 0.3) is 0 Å². The van der Waals surface area contributed by atoms with Crippen LogP contribution in [0, 0.1) is 18.8 Å². The first kappa shape index (κ1) is 16.3. The van der Waals surface area contributed by atoms with E-state index in [-0.39, 0.29) is 0 Å². The number of ether oxygens (including phenoxy) is 1. The number of aryl methyl sites for hydroxylation is 1. The van der Waals surface area contributed by atoms with Crippen molar-refractivity contribution < 1.29 is 9.53 Å². The Morgan fingerprint density at radius 3 is 2.75 bits per heavy atom. The number of aromatic nitrogens is 1. The maximum absolute atomic E-state index is 11.4. The van der Waals surface area contributed by atoms with Gasteiger partial charge in [0.25, 0.3) is 0 Å². The molecule has 1 heterocycles. The van der Waals surface area contributed by atoms with E-state index in [0.29, 0.717) is 23.7 Å². The van der Waals surface area contributed by atoms with Crippen molar-refractivity contribution in [2.75, 3.05) is 6.54 Å². The number of pyridine rings is 1. The predicted octanol–water partition coefficient (Wildman–Crippen LogP) is 3.31. The molecule has 0 fully saturated rings. The van der Waals surface area contributed by atoms with E-state index in [4.69, 9.17) is 16.3 Å². The van der Waals surface area contributed by atoms with Gasteiger partial charge in [-0.1, -0.05) is 23.4 Å². The number of halogens is 1. The molecule has 20 heavy (non-hydrogen) atoms. The van der Waals surface area contributed by atoms with Gasteiger partial charge in [0.2, 0.25) is 0 Å². The monoisotopic (exact) mass is 294 g/mol. The summed E-state index contributed by atoms with van der Waals surface area (Å²) >= 11 is 5.96. The second-order valence-electron chi connectivity index (χ2n) is 5.27. The summed E-state index contributed by atoms with van der Waals surface area (Å²) in [5.41, 5.74) is 1.05. The predicted molar refractivity (Wildman–Crippen MR) is 79.7 cm³/mol. The number of rotatable bonds is 2. The van der Waals surface area contributed by atoms with Crippen LogP contribution in [0.15, 0.2) is 12.1 Å². The van der Waals surface area contributed by atoms with Crippen molar-refractivity contribution in [1.29, 1.82) is 0 Å². The summed E-state index contributed by atoms with van der Waals surface area (Å²) < 4.78 is 5.11. The number of hydrogen-bond donors (Lipinski definition) is 1. The maximum atomic E-state index is 11.4. The Labute approximate surface area is 124 Å². The quantitative estimate of drug-likeness (QED) is 0.517. The molecule has 0 radical (unpaired) electrons. The molecule has 1 rings (SSSR count). The summed E-state index contributed by atoms with van der Waals surface area (Å²) in [6.45, 7) is 7.75. The number of amides is 1. The van der Waals surface area contributed by atoms with Crippen LogP contribution in [-0.4, -0.2) is 23.2 Å². The average Bonchev–Trinajstić information content (AvgIpc) is 2.28. The van der Waals surface area contributed by atoms with Gasteiger partial charge in [0.05, 0.1) is 5.56 Å². The first-order chi connectivity index (χ1) is 9.28. The van der Waals surface area contributed by atoms with E-state index >= 15 is 0 Å². The number of nitrogens with zero attached hydrogens (tertiary/aromatic N) is 1. The molecule has 0 aliphatic carbocycles. The van der Waals surface area contributed by atoms with Gasteiger partial charge in [0.15, 0.2) is 0 Å². The first-order valence-corrected chi connectivity index (χ1v) is 6.74. The number of alkyl carbamates (subject to hydrolysis) is 1. The third-order valence-corrected chi connectivity index (χ3v) is 2.42. The molecule has 0 aliphatic heterocycles. The van der Waals surface area contributed by atoms with Crippen LogP contribution >= 0.6 is 11.6 Å². The van der Waals surface area contributed by atoms with E-state index in [2.05, 4.69) is 22.1 Å². The minimum Gasteiger partial charge on any atom is -0.444 e. The fourth-order valence-electron chi connectivity index (χ4n) is 1.32. The first-order valence-electron chi connectivity index (χ1n) is 6.37. The maximum Gasteiger partial charge on any atom is 0.407 e. The van der Waals surface area contributed by atoms with Crippen LogP contribution in [0.2, 0.25) is 5.15 Å². The molecular formula is C15H19ClN2O2. The fraction of sp³-hybridized carbons (Fsp3) is 0.467. The lowest BCUT2D eigenvalue weighted by Crippen LogP contribution is -2.32. The molecule has 0 spiro atoms. The zero-order chi connectivity index (χ0) is 15.2. The van der Waals surface area contributed by atoms with Gasteiger partial charge in [-0.3, -0.25) is 0 Å². The molecule has 4 nitrogen and oxygen atoms in total. The summed E-state index contributed by atoms with van der Waals surface area (Å²) in [5, 5.41) is 3.04. The van der Waals surface area contributed by atoms with Gasteiger partial charge in [0.1, 0.15) is 10.8 Å². The summed E-state index contributed by atoms with van der Waals surface area (Å²) in [4.78, 5) is 15.5. The van der Waals surface area contributed by atoms with Crippen LogP contribution in [-0.2, 0) is 4.74 Å². The van der Waals surface area contributed by atoms with E-state index < -0.39 is 11.7 Å². The van der Waals surface area contributed by atoms with Crippen LogP contribution in [0.1, 0.15) is 38.4 Å². The zero-order valence-electron chi connectivity index (χ0n) is 12.2. The molecule has 0 bridgehead atoms. The van der Waals surface area contributed by atoms with Crippen LogP contribution in [0.5, 0.6) is 0 Å². The van der Waals surface area contributed by atoms with Gasteiger partial charge < -0.3 is 10.1 Å². The lowest BCUT2D eigenvalue weighted by atomic mass is 10.2. The second-order valence-corrected chi connectivity index (χ2v) is 5.63. The van der Waals surface area contributed by atoms with Gasteiger partial charge in [0, 0.05) is 18.7 Å². The van der Waals surface area contributed by atoms with Gasteiger partial charge in [-0.05, 0) is 39.8 Å². The Bertz CT molecular complexity index is 539. The van der Waals surface area contributed by atoms with Crippen molar-refractivity contribution in [3.8, 4) is 11.8 Å². The molecule has 0 atom stereocenters. The molecule has 1 N–H and O–H groups in total. The van der Waals surface area contributed by atoms with Crippen molar-refractivity contribution in [3.63, 3.8) is 0 Å². The van der Waals surface area contributed by atoms with Gasteiger partial charge in [-0.2, -0.15) is 0 Å². The highest BCUT2D eigenvalue weighted by molar-refractivity contribution is 6.30. The van der Waals surface area contributed by atoms with Crippen molar-refractivity contribution in [2.24, 2.45) is 0 Å². The standard InChI is InChI=1S/C15H19ClN2O2/c1-11-8-9-12(13(16)18-11)7-5-6-10-17-14(19)20-15(2,3)4/h8-9H,6,10H2,1-4H3,(H,17,19). The normalized spacial score (nSPS) is 10.4. The third-order valence-electron chi connectivity index (χ3n) is 2.13. The molecule has 1 aromatic rings. The smallest absolute Gasteiger partial charge is 0.407 e. The summed E-state index contributed by atoms with van der Waals surface area (Å²) in [5.74, 6) is 5.86. The molecular weight excluding hydrogens is 276 g/mol. The Morgan fingerprint density at radius 1 is 1.45 bits per heavy atom. The van der Waals surface area contributed by atoms with Crippen molar-refractivity contribution in [3.05, 3.63) is 28.5 Å². The summed E-state index contributed by atoms with van der Waals surface area (Å²) in [7, 11) is 0. The van der Waals surface area contributed by atoms with E-state index in [1.807, 2.05) is 39.8 Å². The van der Waals surface area contributed by atoms with E-state index in [9.17, 15) is 4.79 Å². The summed E-state index contributed by atoms with van der Waals surface area (Å²) in [6, 6.07) is 3.69. The molecule has 0 aromatic carbocycles. The highest BCUT2D eigenvalue weighted by atomic mass is 35.5. The number of hydrogen-bond acceptors (Lipinski definition) is 3. The minimum absolute atomic E-state index is 0.401. The highest BCUT2D eigenvalue weighted by Gasteiger charge is 2.15. The second kappa shape index (κ2) is 7.16. The van der Waals surface area contributed by atoms with Gasteiger partial charge in [-0.15, -0.1) is 0 Å². The average molecular weight is 295 g/mol. The van der Waals surface area contributed by atoms with E-state index in [0.717, 1.165) is 5.69 Å². The molecule has 0 saturated heterocycles. The molecule has 108 valence electrons. The molecule has 0 unspecified atom stereocenters. The molecule has 0 saturated carbocycles. The van der Waals surface area contributed by atoms with Gasteiger partial charge in [-0.25, -0.2) is 9.78 Å². The molecule has 5 heteroatoms. The Kier molecular flexibility index (Phi) is 5.84. The largest absolute Gasteiger partial charge is 0.444 e. The number of carbonyl (C=O) groups excluding carboxylic acids is 1. The van der Waals surface area contributed by atoms with Crippen molar-refractivity contribution >= 4 is 17.7 Å². The van der Waals surface area contributed by atoms with Gasteiger partial charge >= 0.3 is 6.09 Å². The lowest BCUT2D eigenvalue weighted by Gasteiger charge is -2.19. The van der Waals surface area contributed by atoms with Crippen molar-refractivity contribution in [2.45, 2.75) is 39.7 Å². The molecule has 1 aromatic heterocycles. The Hall–Kier alpha value is -1.73. The van der Waals surface area contributed by atoms with Crippen LogP contribution in [0.4, 0.5) is 4.79 Å². The van der Waals surface area contributed by atoms with E-state index in [1.165, 1.54) is 0 Å². The lowest BCUT2D eigenvalue weighted by molar-refractivity contribution is 0.0529. The Balaban J connectivity index is 2.38. The minimum atomic E-state index is -0.489. The molecule has 1 amide bonds. The molecule has 0 aliphatic rings. The summed E-state index contributed by atoms with van der Waals surface area (Å²) in [6.07, 6.45) is 0.0815.